The lowest BCUT2D eigenvalue weighted by atomic mass is 10.0. The molecule has 1 aromatic carbocycles. The molecular formula is C14H21NO4S. The van der Waals surface area contributed by atoms with Crippen LogP contribution in [0.3, 0.4) is 0 Å². The van der Waals surface area contributed by atoms with Gasteiger partial charge in [0.25, 0.3) is 0 Å². The number of methoxy groups -OCH3 is 1. The highest BCUT2D eigenvalue weighted by Gasteiger charge is 2.38. The van der Waals surface area contributed by atoms with E-state index in [-0.39, 0.29) is 18.4 Å². The highest BCUT2D eigenvalue weighted by molar-refractivity contribution is 7.92. The fourth-order valence-corrected chi connectivity index (χ4v) is 4.34. The normalized spacial score (nSPS) is 22.1. The summed E-state index contributed by atoms with van der Waals surface area (Å²) in [6.07, 6.45) is 0.507. The molecule has 2 atom stereocenters. The minimum atomic E-state index is -3.23. The monoisotopic (exact) mass is 299 g/mol. The Balaban J connectivity index is 2.21. The molecule has 0 aromatic heterocycles. The molecule has 112 valence electrons. The van der Waals surface area contributed by atoms with Crippen molar-refractivity contribution < 1.29 is 17.9 Å². The van der Waals surface area contributed by atoms with Crippen LogP contribution in [0.15, 0.2) is 24.3 Å². The van der Waals surface area contributed by atoms with Gasteiger partial charge in [0, 0.05) is 19.3 Å². The first-order valence-corrected chi connectivity index (χ1v) is 8.41. The lowest BCUT2D eigenvalue weighted by Crippen LogP contribution is -2.44. The summed E-state index contributed by atoms with van der Waals surface area (Å²) < 4.78 is 35.5. The van der Waals surface area contributed by atoms with Crippen LogP contribution in [0.5, 0.6) is 5.75 Å². The Morgan fingerprint density at radius 1 is 1.40 bits per heavy atom. The van der Waals surface area contributed by atoms with Gasteiger partial charge < -0.3 is 14.8 Å². The summed E-state index contributed by atoms with van der Waals surface area (Å²) in [5, 5.41) is 2.56. The van der Waals surface area contributed by atoms with Gasteiger partial charge in [0.2, 0.25) is 0 Å². The van der Waals surface area contributed by atoms with Crippen molar-refractivity contribution in [1.82, 2.24) is 5.32 Å². The predicted molar refractivity (Wildman–Crippen MR) is 77.8 cm³/mol. The van der Waals surface area contributed by atoms with Gasteiger partial charge in [0.05, 0.1) is 11.8 Å². The number of ether oxygens (including phenoxy) is 2. The molecule has 1 N–H and O–H groups in total. The van der Waals surface area contributed by atoms with Crippen molar-refractivity contribution in [3.05, 3.63) is 29.8 Å². The molecule has 0 amide bonds. The Hall–Kier alpha value is -1.11. The molecule has 0 aliphatic carbocycles. The Morgan fingerprint density at radius 3 is 2.85 bits per heavy atom. The highest BCUT2D eigenvalue weighted by atomic mass is 32.2. The van der Waals surface area contributed by atoms with Crippen LogP contribution in [-0.4, -0.2) is 46.8 Å². The lowest BCUT2D eigenvalue weighted by Gasteiger charge is -2.33. The molecule has 0 spiro atoms. The topological polar surface area (TPSA) is 64.6 Å². The van der Waals surface area contributed by atoms with Gasteiger partial charge in [0.15, 0.2) is 9.84 Å². The summed E-state index contributed by atoms with van der Waals surface area (Å²) >= 11 is 0. The molecule has 0 fully saturated rings. The second-order valence-corrected chi connectivity index (χ2v) is 7.21. The summed E-state index contributed by atoms with van der Waals surface area (Å²) in [5.74, 6) is 0.880. The minimum absolute atomic E-state index is 0.120. The number of fused-ring (bicyclic) bond motifs is 1. The largest absolute Gasteiger partial charge is 0.492 e. The summed E-state index contributed by atoms with van der Waals surface area (Å²) in [4.78, 5) is 0. The van der Waals surface area contributed by atoms with Gasteiger partial charge in [-0.05, 0) is 19.5 Å². The SMILES string of the molecule is CNC1c2ccccc2OCC1S(=O)(=O)CCCOC. The van der Waals surface area contributed by atoms with Crippen molar-refractivity contribution in [1.29, 1.82) is 0 Å². The average molecular weight is 299 g/mol. The Kier molecular flexibility index (Phi) is 5.01. The van der Waals surface area contributed by atoms with E-state index in [1.54, 1.807) is 14.2 Å². The van der Waals surface area contributed by atoms with E-state index < -0.39 is 15.1 Å². The maximum atomic E-state index is 12.5. The molecule has 1 aromatic rings. The van der Waals surface area contributed by atoms with Crippen LogP contribution in [-0.2, 0) is 14.6 Å². The number of hydrogen-bond acceptors (Lipinski definition) is 5. The Morgan fingerprint density at radius 2 is 2.15 bits per heavy atom. The van der Waals surface area contributed by atoms with Crippen LogP contribution < -0.4 is 10.1 Å². The first-order valence-electron chi connectivity index (χ1n) is 6.69. The number of benzene rings is 1. The molecule has 2 unspecified atom stereocenters. The lowest BCUT2D eigenvalue weighted by molar-refractivity contribution is 0.199. The van der Waals surface area contributed by atoms with E-state index in [1.807, 2.05) is 24.3 Å². The van der Waals surface area contributed by atoms with Crippen LogP contribution in [0, 0.1) is 0 Å². The third-order valence-corrected chi connectivity index (χ3v) is 5.77. The van der Waals surface area contributed by atoms with Crippen LogP contribution in [0.2, 0.25) is 0 Å². The van der Waals surface area contributed by atoms with Crippen molar-refractivity contribution in [2.75, 3.05) is 33.1 Å². The fourth-order valence-electron chi connectivity index (χ4n) is 2.55. The van der Waals surface area contributed by atoms with Crippen LogP contribution in [0.4, 0.5) is 0 Å². The second kappa shape index (κ2) is 6.56. The first kappa shape index (κ1) is 15.3. The van der Waals surface area contributed by atoms with Crippen LogP contribution in [0.1, 0.15) is 18.0 Å². The molecule has 1 aliphatic rings. The van der Waals surface area contributed by atoms with E-state index >= 15 is 0 Å². The predicted octanol–water partition coefficient (Wildman–Crippen LogP) is 1.16. The van der Waals surface area contributed by atoms with E-state index in [1.165, 1.54) is 0 Å². The standard InChI is InChI=1S/C14H21NO4S/c1-15-14-11-6-3-4-7-12(11)19-10-13(14)20(16,17)9-5-8-18-2/h3-4,6-7,13-15H,5,8-10H2,1-2H3. The highest BCUT2D eigenvalue weighted by Crippen LogP contribution is 2.34. The smallest absolute Gasteiger partial charge is 0.158 e. The summed E-state index contributed by atoms with van der Waals surface area (Å²) in [6.45, 7) is 0.644. The molecule has 1 heterocycles. The van der Waals surface area contributed by atoms with Crippen molar-refractivity contribution in [3.63, 3.8) is 0 Å². The maximum Gasteiger partial charge on any atom is 0.158 e. The maximum absolute atomic E-state index is 12.5. The molecule has 1 aliphatic heterocycles. The fraction of sp³-hybridized carbons (Fsp3) is 0.571. The molecule has 2 rings (SSSR count). The zero-order valence-electron chi connectivity index (χ0n) is 11.8. The first-order chi connectivity index (χ1) is 9.60. The van der Waals surface area contributed by atoms with Gasteiger partial charge in [-0.3, -0.25) is 0 Å². The Bertz CT molecular complexity index is 544. The van der Waals surface area contributed by atoms with Crippen LogP contribution in [0.25, 0.3) is 0 Å². The number of sulfone groups is 1. The summed E-state index contributed by atoms with van der Waals surface area (Å²) in [7, 11) is 0.128. The molecule has 0 saturated carbocycles. The van der Waals surface area contributed by atoms with Crippen molar-refractivity contribution in [2.24, 2.45) is 0 Å². The summed E-state index contributed by atoms with van der Waals surface area (Å²) in [6, 6.07) is 7.33. The number of para-hydroxylation sites is 1. The zero-order valence-corrected chi connectivity index (χ0v) is 12.7. The van der Waals surface area contributed by atoms with Crippen LogP contribution >= 0.6 is 0 Å². The van der Waals surface area contributed by atoms with E-state index in [2.05, 4.69) is 5.32 Å². The number of rotatable bonds is 6. The van der Waals surface area contributed by atoms with Crippen molar-refractivity contribution in [2.45, 2.75) is 17.7 Å². The van der Waals surface area contributed by atoms with E-state index in [9.17, 15) is 8.42 Å². The zero-order chi connectivity index (χ0) is 14.6. The average Bonchev–Trinajstić information content (AvgIpc) is 2.46. The van der Waals surface area contributed by atoms with E-state index in [4.69, 9.17) is 9.47 Å². The summed E-state index contributed by atoms with van der Waals surface area (Å²) in [5.41, 5.74) is 0.904. The second-order valence-electron chi connectivity index (χ2n) is 4.87. The minimum Gasteiger partial charge on any atom is -0.492 e. The van der Waals surface area contributed by atoms with Gasteiger partial charge >= 0.3 is 0 Å². The molecular weight excluding hydrogens is 278 g/mol. The molecule has 5 nitrogen and oxygen atoms in total. The van der Waals surface area contributed by atoms with Crippen molar-refractivity contribution in [3.8, 4) is 5.75 Å². The van der Waals surface area contributed by atoms with Crippen molar-refractivity contribution >= 4 is 9.84 Å². The van der Waals surface area contributed by atoms with Gasteiger partial charge in [-0.15, -0.1) is 0 Å². The Labute approximate surface area is 120 Å². The number of nitrogens with one attached hydrogen (secondary N) is 1. The molecule has 0 bridgehead atoms. The van der Waals surface area contributed by atoms with Gasteiger partial charge in [-0.25, -0.2) is 8.42 Å². The van der Waals surface area contributed by atoms with E-state index in [0.717, 1.165) is 11.3 Å². The quantitative estimate of drug-likeness (QED) is 0.799. The number of hydrogen-bond donors (Lipinski definition) is 1. The third-order valence-electron chi connectivity index (χ3n) is 3.58. The third kappa shape index (κ3) is 3.13. The van der Waals surface area contributed by atoms with Gasteiger partial charge in [-0.2, -0.15) is 0 Å². The molecule has 6 heteroatoms. The van der Waals surface area contributed by atoms with Gasteiger partial charge in [-0.1, -0.05) is 18.2 Å². The molecule has 20 heavy (non-hydrogen) atoms. The van der Waals surface area contributed by atoms with Gasteiger partial charge in [0.1, 0.15) is 17.6 Å². The molecule has 0 saturated heterocycles. The van der Waals surface area contributed by atoms with E-state index in [0.29, 0.717) is 13.0 Å². The molecule has 0 radical (unpaired) electrons.